The van der Waals surface area contributed by atoms with Crippen LogP contribution in [-0.4, -0.2) is 0 Å². The molecule has 10 heavy (non-hydrogen) atoms. The van der Waals surface area contributed by atoms with E-state index in [1.807, 2.05) is 0 Å². The third-order valence-electron chi connectivity index (χ3n) is 2.86. The highest BCUT2D eigenvalue weighted by Crippen LogP contribution is 2.40. The van der Waals surface area contributed by atoms with Crippen molar-refractivity contribution in [2.45, 2.75) is 40.5 Å². The molecular formula is C10H19. The summed E-state index contributed by atoms with van der Waals surface area (Å²) in [4.78, 5) is 0. The van der Waals surface area contributed by atoms with Gasteiger partial charge in [-0.3, -0.25) is 0 Å². The van der Waals surface area contributed by atoms with Crippen molar-refractivity contribution in [3.8, 4) is 0 Å². The third kappa shape index (κ3) is 1.74. The van der Waals surface area contributed by atoms with Crippen molar-refractivity contribution in [2.75, 3.05) is 0 Å². The van der Waals surface area contributed by atoms with Gasteiger partial charge in [0, 0.05) is 0 Å². The minimum absolute atomic E-state index is 0.506. The molecule has 1 saturated carbocycles. The van der Waals surface area contributed by atoms with Crippen LogP contribution in [0.3, 0.4) is 0 Å². The molecule has 0 aliphatic heterocycles. The highest BCUT2D eigenvalue weighted by molar-refractivity contribution is 4.93. The van der Waals surface area contributed by atoms with Gasteiger partial charge in [-0.2, -0.15) is 0 Å². The molecule has 0 heterocycles. The second kappa shape index (κ2) is 2.56. The Morgan fingerprint density at radius 2 is 1.80 bits per heavy atom. The monoisotopic (exact) mass is 139 g/mol. The molecule has 1 aliphatic carbocycles. The van der Waals surface area contributed by atoms with Gasteiger partial charge >= 0.3 is 0 Å². The minimum atomic E-state index is 0.506. The summed E-state index contributed by atoms with van der Waals surface area (Å²) in [5.41, 5.74) is 0.506. The summed E-state index contributed by atoms with van der Waals surface area (Å²) >= 11 is 0. The van der Waals surface area contributed by atoms with Crippen LogP contribution in [-0.2, 0) is 0 Å². The first kappa shape index (κ1) is 8.10. The zero-order valence-corrected chi connectivity index (χ0v) is 7.65. The van der Waals surface area contributed by atoms with E-state index in [4.69, 9.17) is 0 Å². The predicted octanol–water partition coefficient (Wildman–Crippen LogP) is 3.28. The maximum Gasteiger partial charge on any atom is -0.0320 e. The molecule has 1 fully saturated rings. The molecule has 1 aliphatic rings. The van der Waals surface area contributed by atoms with Crippen LogP contribution in [0, 0.1) is 23.7 Å². The smallest absolute Gasteiger partial charge is 0.0320 e. The molecule has 0 saturated heterocycles. The van der Waals surface area contributed by atoms with Crippen molar-refractivity contribution < 1.29 is 0 Å². The van der Waals surface area contributed by atoms with Crippen LogP contribution in [0.15, 0.2) is 0 Å². The molecule has 0 N–H and O–H groups in total. The minimum Gasteiger partial charge on any atom is -0.0622 e. The normalized spacial score (nSPS) is 39.6. The van der Waals surface area contributed by atoms with E-state index in [9.17, 15) is 0 Å². The average molecular weight is 139 g/mol. The second-order valence-electron chi connectivity index (χ2n) is 4.59. The van der Waals surface area contributed by atoms with Crippen LogP contribution < -0.4 is 0 Å². The van der Waals surface area contributed by atoms with Crippen molar-refractivity contribution in [1.29, 1.82) is 0 Å². The van der Waals surface area contributed by atoms with E-state index in [2.05, 4.69) is 34.1 Å². The Labute approximate surface area is 65.0 Å². The van der Waals surface area contributed by atoms with Gasteiger partial charge in [-0.15, -0.1) is 0 Å². The molecule has 0 spiro atoms. The molecular weight excluding hydrogens is 120 g/mol. The van der Waals surface area contributed by atoms with Gasteiger partial charge in [-0.1, -0.05) is 27.7 Å². The summed E-state index contributed by atoms with van der Waals surface area (Å²) in [6.45, 7) is 9.42. The summed E-state index contributed by atoms with van der Waals surface area (Å²) in [6.07, 6.45) is 5.17. The Morgan fingerprint density at radius 1 is 1.20 bits per heavy atom. The van der Waals surface area contributed by atoms with E-state index in [0.717, 1.165) is 11.8 Å². The first-order chi connectivity index (χ1) is 4.51. The van der Waals surface area contributed by atoms with E-state index in [1.54, 1.807) is 0 Å². The summed E-state index contributed by atoms with van der Waals surface area (Å²) in [5.74, 6) is 1.83. The lowest BCUT2D eigenvalue weighted by atomic mass is 9.68. The first-order valence-corrected chi connectivity index (χ1v) is 4.36. The molecule has 0 nitrogen and oxygen atoms in total. The first-order valence-electron chi connectivity index (χ1n) is 4.36. The van der Waals surface area contributed by atoms with Crippen LogP contribution >= 0.6 is 0 Å². The summed E-state index contributed by atoms with van der Waals surface area (Å²) in [6, 6.07) is 0. The fraction of sp³-hybridized carbons (Fsp3) is 0.900. The highest BCUT2D eigenvalue weighted by atomic mass is 14.3. The van der Waals surface area contributed by atoms with Gasteiger partial charge in [-0.05, 0) is 36.5 Å². The van der Waals surface area contributed by atoms with Crippen molar-refractivity contribution in [2.24, 2.45) is 17.3 Å². The van der Waals surface area contributed by atoms with Crippen LogP contribution in [0.2, 0.25) is 0 Å². The van der Waals surface area contributed by atoms with Crippen molar-refractivity contribution in [3.05, 3.63) is 6.42 Å². The quantitative estimate of drug-likeness (QED) is 0.483. The van der Waals surface area contributed by atoms with Crippen LogP contribution in [0.25, 0.3) is 0 Å². The molecule has 2 atom stereocenters. The summed E-state index contributed by atoms with van der Waals surface area (Å²) in [5, 5.41) is 0. The van der Waals surface area contributed by atoms with Gasteiger partial charge in [0.2, 0.25) is 0 Å². The molecule has 0 aromatic rings. The zero-order valence-electron chi connectivity index (χ0n) is 7.65. The lowest BCUT2D eigenvalue weighted by molar-refractivity contribution is 0.199. The Hall–Kier alpha value is 0. The number of rotatable bonds is 0. The van der Waals surface area contributed by atoms with Gasteiger partial charge in [0.05, 0.1) is 0 Å². The van der Waals surface area contributed by atoms with Gasteiger partial charge < -0.3 is 0 Å². The molecule has 2 unspecified atom stereocenters. The second-order valence-corrected chi connectivity index (χ2v) is 4.59. The Kier molecular flexibility index (Phi) is 2.07. The lowest BCUT2D eigenvalue weighted by Crippen LogP contribution is -2.27. The fourth-order valence-corrected chi connectivity index (χ4v) is 1.85. The molecule has 0 aromatic heterocycles. The van der Waals surface area contributed by atoms with E-state index in [1.165, 1.54) is 12.8 Å². The van der Waals surface area contributed by atoms with Gasteiger partial charge in [0.25, 0.3) is 0 Å². The SMILES string of the molecule is CC1C[CH]C(C)(C)CC1C. The van der Waals surface area contributed by atoms with E-state index < -0.39 is 0 Å². The molecule has 1 rings (SSSR count). The zero-order chi connectivity index (χ0) is 7.78. The Morgan fingerprint density at radius 3 is 2.20 bits per heavy atom. The Balaban J connectivity index is 2.49. The maximum atomic E-state index is 2.48. The molecule has 0 bridgehead atoms. The van der Waals surface area contributed by atoms with Crippen molar-refractivity contribution >= 4 is 0 Å². The van der Waals surface area contributed by atoms with Crippen molar-refractivity contribution in [1.82, 2.24) is 0 Å². The highest BCUT2D eigenvalue weighted by Gasteiger charge is 2.29. The van der Waals surface area contributed by atoms with E-state index in [0.29, 0.717) is 5.41 Å². The Bertz CT molecular complexity index is 113. The van der Waals surface area contributed by atoms with Crippen LogP contribution in [0.1, 0.15) is 40.5 Å². The van der Waals surface area contributed by atoms with Gasteiger partial charge in [0.1, 0.15) is 0 Å². The predicted molar refractivity (Wildman–Crippen MR) is 45.6 cm³/mol. The van der Waals surface area contributed by atoms with Gasteiger partial charge in [-0.25, -0.2) is 0 Å². The fourth-order valence-electron chi connectivity index (χ4n) is 1.85. The molecule has 1 radical (unpaired) electrons. The molecule has 0 amide bonds. The maximum absolute atomic E-state index is 2.48. The number of hydrogen-bond donors (Lipinski definition) is 0. The van der Waals surface area contributed by atoms with E-state index >= 15 is 0 Å². The third-order valence-corrected chi connectivity index (χ3v) is 2.86. The summed E-state index contributed by atoms with van der Waals surface area (Å²) < 4.78 is 0. The molecule has 0 aromatic carbocycles. The van der Waals surface area contributed by atoms with Crippen LogP contribution in [0.4, 0.5) is 0 Å². The molecule has 59 valence electrons. The molecule has 0 heteroatoms. The average Bonchev–Trinajstić information content (AvgIpc) is 1.79. The van der Waals surface area contributed by atoms with Crippen molar-refractivity contribution in [3.63, 3.8) is 0 Å². The van der Waals surface area contributed by atoms with Crippen LogP contribution in [0.5, 0.6) is 0 Å². The van der Waals surface area contributed by atoms with E-state index in [-0.39, 0.29) is 0 Å². The topological polar surface area (TPSA) is 0 Å². The number of hydrogen-bond acceptors (Lipinski definition) is 0. The largest absolute Gasteiger partial charge is 0.0622 e. The lowest BCUT2D eigenvalue weighted by Gasteiger charge is -2.37. The standard InChI is InChI=1S/C10H19/c1-8-5-6-10(3,4)7-9(8)2/h6,8-9H,5,7H2,1-4H3. The summed E-state index contributed by atoms with van der Waals surface area (Å²) in [7, 11) is 0. The van der Waals surface area contributed by atoms with Gasteiger partial charge in [0.15, 0.2) is 0 Å².